The zero-order chi connectivity index (χ0) is 22.3. The number of hydrogen-bond donors (Lipinski definition) is 1. The Morgan fingerprint density at radius 3 is 2.71 bits per heavy atom. The fourth-order valence-electron chi connectivity index (χ4n) is 2.62. The number of amides is 1. The number of halogens is 3. The third kappa shape index (κ3) is 4.25. The Morgan fingerprint density at radius 1 is 1.19 bits per heavy atom. The van der Waals surface area contributed by atoms with E-state index in [1.807, 2.05) is 0 Å². The van der Waals surface area contributed by atoms with E-state index < -0.39 is 33.2 Å². The number of anilines is 1. The van der Waals surface area contributed by atoms with Gasteiger partial charge in [0.15, 0.2) is 38.0 Å². The number of fused-ring (bicyclic) bond motifs is 2. The highest BCUT2D eigenvalue weighted by molar-refractivity contribution is 7.99. The Kier molecular flexibility index (Phi) is 5.66. The number of hydrogen-bond acceptors (Lipinski definition) is 8. The van der Waals surface area contributed by atoms with Gasteiger partial charge in [-0.1, -0.05) is 30.0 Å². The zero-order valence-corrected chi connectivity index (χ0v) is 18.1. The summed E-state index contributed by atoms with van der Waals surface area (Å²) in [5.74, 6) is -5.11. The summed E-state index contributed by atoms with van der Waals surface area (Å²) in [6.07, 6.45) is 0. The lowest BCUT2D eigenvalue weighted by Crippen LogP contribution is -2.13. The van der Waals surface area contributed by atoms with Crippen molar-refractivity contribution in [3.63, 3.8) is 0 Å². The molecule has 0 saturated heterocycles. The maximum Gasteiger partial charge on any atom is 0.257 e. The van der Waals surface area contributed by atoms with Gasteiger partial charge in [-0.05, 0) is 24.3 Å². The molecule has 0 unspecified atom stereocenters. The van der Waals surface area contributed by atoms with Crippen molar-refractivity contribution >= 4 is 65.3 Å². The van der Waals surface area contributed by atoms with E-state index in [1.54, 1.807) is 0 Å². The van der Waals surface area contributed by atoms with Crippen molar-refractivity contribution in [2.45, 2.75) is 17.0 Å². The van der Waals surface area contributed by atoms with Gasteiger partial charge < -0.3 is 9.73 Å². The molecular formula is C18H12F3N3O4S3. The molecule has 1 amide bonds. The highest BCUT2D eigenvalue weighted by atomic mass is 32.2. The maximum absolute atomic E-state index is 13.8. The number of thiazole rings is 1. The number of sulfone groups is 1. The molecule has 0 aliphatic heterocycles. The third-order valence-corrected chi connectivity index (χ3v) is 7.65. The number of rotatable bonds is 6. The Hall–Kier alpha value is -2.64. The minimum Gasteiger partial charge on any atom is -0.431 e. The number of aromatic nitrogens is 2. The lowest BCUT2D eigenvalue weighted by Gasteiger charge is -1.99. The van der Waals surface area contributed by atoms with Crippen molar-refractivity contribution in [1.29, 1.82) is 0 Å². The van der Waals surface area contributed by atoms with Gasteiger partial charge in [0.05, 0.1) is 21.1 Å². The molecule has 13 heteroatoms. The summed E-state index contributed by atoms with van der Waals surface area (Å²) in [4.78, 5) is 20.2. The minimum absolute atomic E-state index is 0.0171. The van der Waals surface area contributed by atoms with Crippen LogP contribution in [0.1, 0.15) is 6.92 Å². The largest absolute Gasteiger partial charge is 0.431 e. The predicted octanol–water partition coefficient (Wildman–Crippen LogP) is 4.38. The van der Waals surface area contributed by atoms with Gasteiger partial charge in [-0.3, -0.25) is 4.79 Å². The fraction of sp³-hybridized carbons (Fsp3) is 0.167. The average Bonchev–Trinajstić information content (AvgIpc) is 3.33. The van der Waals surface area contributed by atoms with E-state index >= 15 is 0 Å². The summed E-state index contributed by atoms with van der Waals surface area (Å²) in [5, 5.41) is 2.56. The second-order valence-electron chi connectivity index (χ2n) is 6.20. The number of carbonyl (C=O) groups excluding carboxylic acids is 1. The van der Waals surface area contributed by atoms with E-state index in [4.69, 9.17) is 4.42 Å². The van der Waals surface area contributed by atoms with Gasteiger partial charge in [0.2, 0.25) is 5.91 Å². The highest BCUT2D eigenvalue weighted by Crippen LogP contribution is 2.31. The number of nitrogens with one attached hydrogen (secondary N) is 1. The Bertz CT molecular complexity index is 1430. The molecular weight excluding hydrogens is 475 g/mol. The van der Waals surface area contributed by atoms with E-state index in [2.05, 4.69) is 15.3 Å². The van der Waals surface area contributed by atoms with Crippen LogP contribution in [-0.4, -0.2) is 35.8 Å². The Morgan fingerprint density at radius 2 is 1.97 bits per heavy atom. The molecule has 0 spiro atoms. The van der Waals surface area contributed by atoms with Crippen molar-refractivity contribution in [1.82, 2.24) is 9.97 Å². The molecule has 0 bridgehead atoms. The summed E-state index contributed by atoms with van der Waals surface area (Å²) >= 11 is 1.75. The molecule has 7 nitrogen and oxygen atoms in total. The van der Waals surface area contributed by atoms with E-state index in [9.17, 15) is 26.4 Å². The lowest BCUT2D eigenvalue weighted by atomic mass is 10.3. The second-order valence-corrected chi connectivity index (χ2v) is 10.4. The zero-order valence-electron chi connectivity index (χ0n) is 15.6. The van der Waals surface area contributed by atoms with Crippen LogP contribution in [0.2, 0.25) is 0 Å². The fourth-order valence-corrected chi connectivity index (χ4v) is 5.06. The topological polar surface area (TPSA) is 102 Å². The molecule has 4 rings (SSSR count). The van der Waals surface area contributed by atoms with Gasteiger partial charge in [-0.15, -0.1) is 0 Å². The monoisotopic (exact) mass is 487 g/mol. The molecule has 0 aliphatic carbocycles. The molecule has 0 fully saturated rings. The summed E-state index contributed by atoms with van der Waals surface area (Å²) in [6, 6.07) is 5.12. The molecule has 162 valence electrons. The average molecular weight is 488 g/mol. The summed E-state index contributed by atoms with van der Waals surface area (Å²) in [5.41, 5.74) is 0.329. The van der Waals surface area contributed by atoms with Gasteiger partial charge in [-0.2, -0.15) is 0 Å². The molecule has 2 heterocycles. The Labute approximate surface area is 181 Å². The van der Waals surface area contributed by atoms with E-state index in [-0.39, 0.29) is 37.0 Å². The van der Waals surface area contributed by atoms with Crippen LogP contribution in [0.5, 0.6) is 0 Å². The SMILES string of the molecule is CCS(=O)(=O)c1ccc2oc(SCC(=O)Nc3nc4c(F)c(F)c(F)cc4s3)nc2c1. The molecule has 2 aromatic carbocycles. The predicted molar refractivity (Wildman–Crippen MR) is 111 cm³/mol. The van der Waals surface area contributed by atoms with Crippen molar-refractivity contribution in [2.24, 2.45) is 0 Å². The van der Waals surface area contributed by atoms with Crippen LogP contribution >= 0.6 is 23.1 Å². The van der Waals surface area contributed by atoms with Gasteiger partial charge >= 0.3 is 0 Å². The van der Waals surface area contributed by atoms with Crippen LogP contribution in [0.15, 0.2) is 38.8 Å². The lowest BCUT2D eigenvalue weighted by molar-refractivity contribution is -0.113. The maximum atomic E-state index is 13.8. The summed E-state index contributed by atoms with van der Waals surface area (Å²) < 4.78 is 69.9. The highest BCUT2D eigenvalue weighted by Gasteiger charge is 2.19. The molecule has 1 N–H and O–H groups in total. The van der Waals surface area contributed by atoms with Crippen LogP contribution < -0.4 is 5.32 Å². The molecule has 2 aromatic heterocycles. The van der Waals surface area contributed by atoms with Gasteiger partial charge in [0.1, 0.15) is 11.0 Å². The van der Waals surface area contributed by atoms with Gasteiger partial charge in [0.25, 0.3) is 5.22 Å². The number of carbonyl (C=O) groups is 1. The normalized spacial score (nSPS) is 12.0. The van der Waals surface area contributed by atoms with Crippen molar-refractivity contribution in [3.05, 3.63) is 41.7 Å². The van der Waals surface area contributed by atoms with Crippen molar-refractivity contribution in [3.8, 4) is 0 Å². The molecule has 0 aliphatic rings. The minimum atomic E-state index is -3.39. The molecule has 0 atom stereocenters. The van der Waals surface area contributed by atoms with E-state index in [1.165, 1.54) is 25.1 Å². The molecule has 31 heavy (non-hydrogen) atoms. The molecule has 4 aromatic rings. The first kappa shape index (κ1) is 21.6. The van der Waals surface area contributed by atoms with Gasteiger partial charge in [-0.25, -0.2) is 31.6 Å². The quantitative estimate of drug-likeness (QED) is 0.318. The van der Waals surface area contributed by atoms with Crippen LogP contribution in [0, 0.1) is 17.5 Å². The van der Waals surface area contributed by atoms with Crippen molar-refractivity contribution in [2.75, 3.05) is 16.8 Å². The first-order chi connectivity index (χ1) is 14.7. The number of oxazole rings is 1. The van der Waals surface area contributed by atoms with Gasteiger partial charge in [0, 0.05) is 0 Å². The first-order valence-corrected chi connectivity index (χ1v) is 12.1. The first-order valence-electron chi connectivity index (χ1n) is 8.68. The molecule has 0 saturated carbocycles. The number of thioether (sulfide) groups is 1. The number of nitrogens with zero attached hydrogens (tertiary/aromatic N) is 2. The van der Waals surface area contributed by atoms with Crippen LogP contribution in [0.25, 0.3) is 21.3 Å². The standard InChI is InChI=1S/C18H12F3N3O4S3/c1-2-31(26,27)8-3-4-11-10(5-8)22-18(28-11)29-7-13(25)23-17-24-16-12(30-17)6-9(19)14(20)15(16)21/h3-6H,2,7H2,1H3,(H,23,24,25). The third-order valence-electron chi connectivity index (χ3n) is 4.17. The van der Waals surface area contributed by atoms with Crippen LogP contribution in [0.4, 0.5) is 18.3 Å². The molecule has 0 radical (unpaired) electrons. The second kappa shape index (κ2) is 8.13. The number of benzene rings is 2. The van der Waals surface area contributed by atoms with Crippen molar-refractivity contribution < 1.29 is 30.8 Å². The summed E-state index contributed by atoms with van der Waals surface area (Å²) in [6.45, 7) is 1.54. The Balaban J connectivity index is 1.46. The smallest absolute Gasteiger partial charge is 0.257 e. The van der Waals surface area contributed by atoms with E-state index in [0.717, 1.165) is 29.2 Å². The summed E-state index contributed by atoms with van der Waals surface area (Å²) in [7, 11) is -3.39. The van der Waals surface area contributed by atoms with E-state index in [0.29, 0.717) is 11.1 Å². The van der Waals surface area contributed by atoms with Crippen LogP contribution in [0.3, 0.4) is 0 Å². The van der Waals surface area contributed by atoms with Crippen LogP contribution in [-0.2, 0) is 14.6 Å².